The number of benzene rings is 1. The van der Waals surface area contributed by atoms with E-state index in [0.717, 1.165) is 6.07 Å². The van der Waals surface area contributed by atoms with E-state index < -0.39 is 11.7 Å². The molecule has 0 bridgehead atoms. The fraction of sp³-hybridized carbons (Fsp3) is 0.500. The lowest BCUT2D eigenvalue weighted by Gasteiger charge is -2.35. The summed E-state index contributed by atoms with van der Waals surface area (Å²) in [6.45, 7) is 2.32. The maximum atomic E-state index is 12.9. The molecule has 0 aromatic heterocycles. The van der Waals surface area contributed by atoms with Gasteiger partial charge < -0.3 is 10.6 Å². The third-order valence-corrected chi connectivity index (χ3v) is 3.62. The summed E-state index contributed by atoms with van der Waals surface area (Å²) < 4.78 is 38.8. The lowest BCUT2D eigenvalue weighted by molar-refractivity contribution is -0.138. The number of carbonyl (C=O) groups excluding carboxylic acids is 1. The zero-order valence-electron chi connectivity index (χ0n) is 11.6. The van der Waals surface area contributed by atoms with Gasteiger partial charge in [-0.15, -0.1) is 0 Å². The van der Waals surface area contributed by atoms with Gasteiger partial charge in [-0.3, -0.25) is 9.69 Å². The maximum absolute atomic E-state index is 12.9. The van der Waals surface area contributed by atoms with Crippen molar-refractivity contribution >= 4 is 5.91 Å². The summed E-state index contributed by atoms with van der Waals surface area (Å²) in [4.78, 5) is 15.0. The fourth-order valence-corrected chi connectivity index (χ4v) is 2.46. The molecule has 1 fully saturated rings. The fourth-order valence-electron chi connectivity index (χ4n) is 2.46. The van der Waals surface area contributed by atoms with Gasteiger partial charge >= 0.3 is 6.18 Å². The van der Waals surface area contributed by atoms with E-state index in [-0.39, 0.29) is 24.6 Å². The molecule has 1 aromatic carbocycles. The molecule has 2 N–H and O–H groups in total. The number of alkyl halides is 3. The van der Waals surface area contributed by atoms with Crippen molar-refractivity contribution in [3.63, 3.8) is 0 Å². The lowest BCUT2D eigenvalue weighted by atomic mass is 10.1. The molecule has 1 aromatic rings. The zero-order chi connectivity index (χ0) is 15.5. The van der Waals surface area contributed by atoms with Crippen LogP contribution < -0.4 is 5.73 Å². The summed E-state index contributed by atoms with van der Waals surface area (Å²) in [6, 6.07) is 5.60. The van der Waals surface area contributed by atoms with E-state index in [2.05, 4.69) is 0 Å². The van der Waals surface area contributed by atoms with Crippen LogP contribution in [0, 0.1) is 0 Å². The van der Waals surface area contributed by atoms with E-state index in [9.17, 15) is 18.0 Å². The van der Waals surface area contributed by atoms with Crippen LogP contribution in [0.5, 0.6) is 0 Å². The Bertz CT molecular complexity index is 496. The predicted octanol–water partition coefficient (Wildman–Crippen LogP) is 1.31. The highest BCUT2D eigenvalue weighted by Gasteiger charge is 2.33. The van der Waals surface area contributed by atoms with Crippen LogP contribution in [-0.2, 0) is 17.5 Å². The number of amides is 1. The molecule has 0 unspecified atom stereocenters. The Labute approximate surface area is 121 Å². The molecule has 1 aliphatic heterocycles. The second kappa shape index (κ2) is 6.44. The van der Waals surface area contributed by atoms with Gasteiger partial charge in [0.15, 0.2) is 0 Å². The van der Waals surface area contributed by atoms with Crippen molar-refractivity contribution in [3.05, 3.63) is 35.4 Å². The molecule has 0 saturated carbocycles. The molecule has 21 heavy (non-hydrogen) atoms. The Morgan fingerprint density at radius 2 is 1.76 bits per heavy atom. The molecule has 0 atom stereocenters. The van der Waals surface area contributed by atoms with Crippen molar-refractivity contribution in [2.45, 2.75) is 12.7 Å². The Hall–Kier alpha value is -1.60. The lowest BCUT2D eigenvalue weighted by Crippen LogP contribution is -2.50. The first kappa shape index (κ1) is 15.8. The minimum atomic E-state index is -4.34. The minimum absolute atomic E-state index is 0.0308. The molecule has 1 heterocycles. The van der Waals surface area contributed by atoms with E-state index in [1.807, 2.05) is 4.90 Å². The second-order valence-electron chi connectivity index (χ2n) is 5.02. The van der Waals surface area contributed by atoms with Crippen LogP contribution >= 0.6 is 0 Å². The largest absolute Gasteiger partial charge is 0.416 e. The number of rotatable bonds is 3. The summed E-state index contributed by atoms with van der Waals surface area (Å²) in [5, 5.41) is 0. The molecule has 0 aliphatic carbocycles. The Kier molecular flexibility index (Phi) is 4.84. The number of halogens is 3. The van der Waals surface area contributed by atoms with Crippen LogP contribution in [-0.4, -0.2) is 48.4 Å². The molecular weight excluding hydrogens is 283 g/mol. The van der Waals surface area contributed by atoms with Crippen molar-refractivity contribution < 1.29 is 18.0 Å². The summed E-state index contributed by atoms with van der Waals surface area (Å²) >= 11 is 0. The van der Waals surface area contributed by atoms with Gasteiger partial charge in [0, 0.05) is 32.7 Å². The van der Waals surface area contributed by atoms with Crippen LogP contribution in [0.3, 0.4) is 0 Å². The number of hydrogen-bond donors (Lipinski definition) is 1. The van der Waals surface area contributed by atoms with Gasteiger partial charge in [-0.1, -0.05) is 18.2 Å². The number of piperazine rings is 1. The quantitative estimate of drug-likeness (QED) is 0.916. The smallest absolute Gasteiger partial charge is 0.339 e. The highest BCUT2D eigenvalue weighted by molar-refractivity contribution is 5.78. The van der Waals surface area contributed by atoms with Crippen LogP contribution in [0.4, 0.5) is 13.2 Å². The van der Waals surface area contributed by atoms with E-state index in [1.54, 1.807) is 11.0 Å². The molecule has 1 saturated heterocycles. The first-order chi connectivity index (χ1) is 9.91. The number of hydrogen-bond acceptors (Lipinski definition) is 3. The second-order valence-corrected chi connectivity index (χ2v) is 5.02. The van der Waals surface area contributed by atoms with Gasteiger partial charge in [-0.25, -0.2) is 0 Å². The van der Waals surface area contributed by atoms with Crippen LogP contribution in [0.1, 0.15) is 11.1 Å². The summed E-state index contributed by atoms with van der Waals surface area (Å²) in [6.07, 6.45) is -4.34. The van der Waals surface area contributed by atoms with Gasteiger partial charge in [0.05, 0.1) is 12.1 Å². The Balaban J connectivity index is 2.00. The highest BCUT2D eigenvalue weighted by atomic mass is 19.4. The zero-order valence-corrected chi connectivity index (χ0v) is 11.6. The molecular formula is C14H18F3N3O. The third-order valence-electron chi connectivity index (χ3n) is 3.62. The van der Waals surface area contributed by atoms with Crippen LogP contribution in [0.15, 0.2) is 24.3 Å². The summed E-state index contributed by atoms with van der Waals surface area (Å²) in [5.74, 6) is -0.120. The standard InChI is InChI=1S/C14H18F3N3O/c15-14(16,17)12-4-2-1-3-11(12)10-19-5-7-20(8-6-19)13(21)9-18/h1-4H,5-10,18H2. The van der Waals surface area contributed by atoms with Crippen molar-refractivity contribution in [2.75, 3.05) is 32.7 Å². The average Bonchev–Trinajstić information content (AvgIpc) is 2.47. The molecule has 1 amide bonds. The van der Waals surface area contributed by atoms with E-state index in [0.29, 0.717) is 26.2 Å². The monoisotopic (exact) mass is 301 g/mol. The highest BCUT2D eigenvalue weighted by Crippen LogP contribution is 2.32. The van der Waals surface area contributed by atoms with Gasteiger partial charge in [-0.05, 0) is 11.6 Å². The first-order valence-corrected chi connectivity index (χ1v) is 6.77. The van der Waals surface area contributed by atoms with E-state index in [1.165, 1.54) is 12.1 Å². The molecule has 7 heteroatoms. The molecule has 116 valence electrons. The topological polar surface area (TPSA) is 49.6 Å². The minimum Gasteiger partial charge on any atom is -0.339 e. The molecule has 0 spiro atoms. The summed E-state index contributed by atoms with van der Waals surface area (Å²) in [7, 11) is 0. The van der Waals surface area contributed by atoms with Gasteiger partial charge in [0.2, 0.25) is 5.91 Å². The SMILES string of the molecule is NCC(=O)N1CCN(Cc2ccccc2C(F)(F)F)CC1. The Morgan fingerprint density at radius 1 is 1.14 bits per heavy atom. The van der Waals surface area contributed by atoms with Crippen molar-refractivity contribution in [1.29, 1.82) is 0 Å². The normalized spacial score (nSPS) is 17.0. The molecule has 1 aliphatic rings. The van der Waals surface area contributed by atoms with Gasteiger partial charge in [0.25, 0.3) is 0 Å². The number of carbonyl (C=O) groups is 1. The van der Waals surface area contributed by atoms with Crippen molar-refractivity contribution in [2.24, 2.45) is 5.73 Å². The predicted molar refractivity (Wildman–Crippen MR) is 72.4 cm³/mol. The Morgan fingerprint density at radius 3 is 2.33 bits per heavy atom. The number of nitrogens with zero attached hydrogens (tertiary/aromatic N) is 2. The molecule has 4 nitrogen and oxygen atoms in total. The van der Waals surface area contributed by atoms with Crippen LogP contribution in [0.25, 0.3) is 0 Å². The maximum Gasteiger partial charge on any atom is 0.416 e. The van der Waals surface area contributed by atoms with Gasteiger partial charge in [-0.2, -0.15) is 13.2 Å². The molecule has 0 radical (unpaired) electrons. The van der Waals surface area contributed by atoms with Crippen LogP contribution in [0.2, 0.25) is 0 Å². The van der Waals surface area contributed by atoms with E-state index >= 15 is 0 Å². The number of nitrogens with two attached hydrogens (primary N) is 1. The van der Waals surface area contributed by atoms with Gasteiger partial charge in [0.1, 0.15) is 0 Å². The van der Waals surface area contributed by atoms with E-state index in [4.69, 9.17) is 5.73 Å². The average molecular weight is 301 g/mol. The first-order valence-electron chi connectivity index (χ1n) is 6.77. The van der Waals surface area contributed by atoms with Crippen molar-refractivity contribution in [3.8, 4) is 0 Å². The third kappa shape index (κ3) is 3.95. The molecule has 2 rings (SSSR count). The summed E-state index contributed by atoms with van der Waals surface area (Å²) in [5.41, 5.74) is 4.97. The van der Waals surface area contributed by atoms with Crippen molar-refractivity contribution in [1.82, 2.24) is 9.80 Å².